The molecule has 11 heteroatoms. The van der Waals surface area contributed by atoms with Gasteiger partial charge in [0.1, 0.15) is 12.4 Å². The first-order chi connectivity index (χ1) is 23.8. The Morgan fingerprint density at radius 3 is 2.30 bits per heavy atom. The first kappa shape index (κ1) is 38.6. The maximum atomic E-state index is 13.8. The number of rotatable bonds is 16. The minimum absolute atomic E-state index is 0.124. The zero-order valence-electron chi connectivity index (χ0n) is 30.5. The molecule has 1 aliphatic rings. The molecular formula is C39H53N3O8. The molecule has 0 spiro atoms. The second-order valence-corrected chi connectivity index (χ2v) is 13.9. The van der Waals surface area contributed by atoms with Crippen LogP contribution in [-0.2, 0) is 25.5 Å². The second kappa shape index (κ2) is 17.6. The number of aromatic nitrogens is 1. The van der Waals surface area contributed by atoms with Gasteiger partial charge in [0, 0.05) is 54.9 Å². The third-order valence-electron chi connectivity index (χ3n) is 9.03. The number of carboxylic acids is 1. The van der Waals surface area contributed by atoms with Gasteiger partial charge in [-0.15, -0.1) is 0 Å². The van der Waals surface area contributed by atoms with E-state index in [2.05, 4.69) is 28.2 Å². The molecular weight excluding hydrogens is 638 g/mol. The molecule has 0 saturated carbocycles. The van der Waals surface area contributed by atoms with Crippen molar-refractivity contribution in [3.8, 4) is 16.9 Å². The number of carbonyl (C=O) groups is 2. The van der Waals surface area contributed by atoms with Crippen LogP contribution in [0.25, 0.3) is 11.1 Å². The van der Waals surface area contributed by atoms with Crippen LogP contribution in [0.15, 0.2) is 47.3 Å². The van der Waals surface area contributed by atoms with Gasteiger partial charge < -0.3 is 39.3 Å². The third-order valence-corrected chi connectivity index (χ3v) is 9.03. The lowest BCUT2D eigenvalue weighted by molar-refractivity contribution is -0.159. The predicted molar refractivity (Wildman–Crippen MR) is 194 cm³/mol. The number of carboxylic acid groups (broad SMARTS) is 1. The quantitative estimate of drug-likeness (QED) is 0.159. The molecule has 272 valence electrons. The van der Waals surface area contributed by atoms with Gasteiger partial charge in [-0.3, -0.25) is 9.59 Å². The Morgan fingerprint density at radius 1 is 1.00 bits per heavy atom. The smallest absolute Gasteiger partial charge is 0.333 e. The van der Waals surface area contributed by atoms with Crippen molar-refractivity contribution in [1.82, 2.24) is 10.3 Å². The summed E-state index contributed by atoms with van der Waals surface area (Å²) in [5, 5.41) is 12.4. The van der Waals surface area contributed by atoms with E-state index in [1.165, 1.54) is 0 Å². The average Bonchev–Trinajstić information content (AvgIpc) is 3.06. The maximum absolute atomic E-state index is 13.8. The lowest BCUT2D eigenvalue weighted by Crippen LogP contribution is -2.40. The van der Waals surface area contributed by atoms with Crippen LogP contribution in [0.5, 0.6) is 5.75 Å². The number of aliphatic carboxylic acids is 1. The summed E-state index contributed by atoms with van der Waals surface area (Å²) >= 11 is 0. The number of amides is 1. The van der Waals surface area contributed by atoms with Gasteiger partial charge in [0.2, 0.25) is 0 Å². The molecule has 1 atom stereocenters. The van der Waals surface area contributed by atoms with Crippen LogP contribution in [0.1, 0.15) is 73.3 Å². The molecule has 2 aromatic carbocycles. The molecule has 2 heterocycles. The topological polar surface area (TPSA) is 139 Å². The van der Waals surface area contributed by atoms with Gasteiger partial charge in [-0.25, -0.2) is 4.79 Å². The Hall–Kier alpha value is -4.19. The van der Waals surface area contributed by atoms with Gasteiger partial charge >= 0.3 is 5.97 Å². The standard InChI is InChI=1S/C39H53N3O8/c1-8-42(30-13-15-47-16-14-30)34-23-29(22-32(27(34)4)36(43)40-24-33-25(2)21-26(3)41-37(33)44)28-9-11-31(12-10-28)49-19-17-48-18-20-50-35(38(45)46)39(5,6)7/h9-12,21-23,30,35H,8,13-20,24H2,1-7H3,(H,40,43)(H,41,44)(H,45,46). The molecule has 1 fully saturated rings. The summed E-state index contributed by atoms with van der Waals surface area (Å²) < 4.78 is 22.6. The summed E-state index contributed by atoms with van der Waals surface area (Å²) in [6.45, 7) is 16.7. The van der Waals surface area contributed by atoms with Crippen molar-refractivity contribution >= 4 is 17.6 Å². The zero-order chi connectivity index (χ0) is 36.4. The molecule has 1 aromatic heterocycles. The minimum atomic E-state index is -0.987. The number of hydrogen-bond donors (Lipinski definition) is 3. The summed E-state index contributed by atoms with van der Waals surface area (Å²) in [6, 6.07) is 14.0. The minimum Gasteiger partial charge on any atom is -0.491 e. The van der Waals surface area contributed by atoms with Crippen LogP contribution in [-0.4, -0.2) is 80.3 Å². The van der Waals surface area contributed by atoms with Crippen molar-refractivity contribution in [3.63, 3.8) is 0 Å². The summed E-state index contributed by atoms with van der Waals surface area (Å²) in [7, 11) is 0. The van der Waals surface area contributed by atoms with E-state index in [1.54, 1.807) is 0 Å². The first-order valence-corrected chi connectivity index (χ1v) is 17.4. The summed E-state index contributed by atoms with van der Waals surface area (Å²) in [4.78, 5) is 43.1. The Balaban J connectivity index is 1.47. The number of H-pyrrole nitrogens is 1. The second-order valence-electron chi connectivity index (χ2n) is 13.9. The molecule has 3 aromatic rings. The number of carbonyl (C=O) groups excluding carboxylic acids is 1. The zero-order valence-corrected chi connectivity index (χ0v) is 30.5. The monoisotopic (exact) mass is 691 g/mol. The molecule has 0 bridgehead atoms. The van der Waals surface area contributed by atoms with Crippen LogP contribution in [0, 0.1) is 26.2 Å². The van der Waals surface area contributed by atoms with E-state index in [-0.39, 0.29) is 31.2 Å². The molecule has 1 amide bonds. The number of benzene rings is 2. The summed E-state index contributed by atoms with van der Waals surface area (Å²) in [5.74, 6) is -0.553. The summed E-state index contributed by atoms with van der Waals surface area (Å²) in [5.41, 5.74) is 5.72. The molecule has 1 aliphatic heterocycles. The average molecular weight is 692 g/mol. The highest BCUT2D eigenvalue weighted by atomic mass is 16.6. The Kier molecular flexibility index (Phi) is 13.6. The van der Waals surface area contributed by atoms with Crippen LogP contribution in [0.3, 0.4) is 0 Å². The lowest BCUT2D eigenvalue weighted by Gasteiger charge is -2.37. The van der Waals surface area contributed by atoms with E-state index >= 15 is 0 Å². The number of hydrogen-bond acceptors (Lipinski definition) is 8. The molecule has 11 nitrogen and oxygen atoms in total. The van der Waals surface area contributed by atoms with Crippen molar-refractivity contribution in [2.24, 2.45) is 5.41 Å². The number of aromatic amines is 1. The molecule has 4 rings (SSSR count). The fraction of sp³-hybridized carbons (Fsp3) is 0.513. The Bertz CT molecular complexity index is 1660. The highest BCUT2D eigenvalue weighted by Crippen LogP contribution is 2.34. The first-order valence-electron chi connectivity index (χ1n) is 17.4. The van der Waals surface area contributed by atoms with Crippen LogP contribution in [0.4, 0.5) is 5.69 Å². The lowest BCUT2D eigenvalue weighted by atomic mass is 9.89. The number of aryl methyl sites for hydroxylation is 2. The fourth-order valence-corrected chi connectivity index (χ4v) is 6.37. The number of nitrogens with zero attached hydrogens (tertiary/aromatic N) is 1. The van der Waals surface area contributed by atoms with Crippen LogP contribution >= 0.6 is 0 Å². The number of pyridine rings is 1. The normalized spacial score (nSPS) is 14.3. The van der Waals surface area contributed by atoms with Gasteiger partial charge in [-0.05, 0) is 98.5 Å². The van der Waals surface area contributed by atoms with Crippen molar-refractivity contribution in [1.29, 1.82) is 0 Å². The fourth-order valence-electron chi connectivity index (χ4n) is 6.37. The number of ether oxygens (including phenoxy) is 4. The number of nitrogens with one attached hydrogen (secondary N) is 2. The van der Waals surface area contributed by atoms with Gasteiger partial charge in [-0.2, -0.15) is 0 Å². The maximum Gasteiger partial charge on any atom is 0.333 e. The highest BCUT2D eigenvalue weighted by molar-refractivity contribution is 5.99. The van der Waals surface area contributed by atoms with E-state index < -0.39 is 17.5 Å². The molecule has 0 aliphatic carbocycles. The van der Waals surface area contributed by atoms with Crippen molar-refractivity contribution in [2.45, 2.75) is 80.0 Å². The van der Waals surface area contributed by atoms with Crippen LogP contribution < -0.4 is 20.5 Å². The van der Waals surface area contributed by atoms with Crippen LogP contribution in [0.2, 0.25) is 0 Å². The van der Waals surface area contributed by atoms with E-state index in [0.29, 0.717) is 49.3 Å². The SMILES string of the molecule is CCN(c1cc(-c2ccc(OCCOCCOC(C(=O)O)C(C)(C)C)cc2)cc(C(=O)NCc2c(C)cc(C)[nH]c2=O)c1C)C1CCOCC1. The van der Waals surface area contributed by atoms with Gasteiger partial charge in [0.15, 0.2) is 6.10 Å². The molecule has 1 saturated heterocycles. The molecule has 0 radical (unpaired) electrons. The van der Waals surface area contributed by atoms with Gasteiger partial charge in [0.05, 0.1) is 19.8 Å². The largest absolute Gasteiger partial charge is 0.491 e. The van der Waals surface area contributed by atoms with E-state index in [0.717, 1.165) is 53.0 Å². The molecule has 1 unspecified atom stereocenters. The van der Waals surface area contributed by atoms with Crippen molar-refractivity contribution in [3.05, 3.63) is 80.8 Å². The van der Waals surface area contributed by atoms with Crippen molar-refractivity contribution < 1.29 is 33.6 Å². The molecule has 3 N–H and O–H groups in total. The van der Waals surface area contributed by atoms with E-state index in [1.807, 2.05) is 77.9 Å². The Morgan fingerprint density at radius 2 is 1.68 bits per heavy atom. The highest BCUT2D eigenvalue weighted by Gasteiger charge is 2.32. The van der Waals surface area contributed by atoms with E-state index in [4.69, 9.17) is 18.9 Å². The number of anilines is 1. The summed E-state index contributed by atoms with van der Waals surface area (Å²) in [6.07, 6.45) is 0.922. The predicted octanol–water partition coefficient (Wildman–Crippen LogP) is 5.81. The van der Waals surface area contributed by atoms with E-state index in [9.17, 15) is 19.5 Å². The van der Waals surface area contributed by atoms with Gasteiger partial charge in [-0.1, -0.05) is 32.9 Å². The van der Waals surface area contributed by atoms with Crippen molar-refractivity contribution in [2.75, 3.05) is 51.1 Å². The molecule has 50 heavy (non-hydrogen) atoms. The van der Waals surface area contributed by atoms with Gasteiger partial charge in [0.25, 0.3) is 11.5 Å². The third kappa shape index (κ3) is 10.2. The Labute approximate surface area is 295 Å².